The van der Waals surface area contributed by atoms with E-state index in [-0.39, 0.29) is 12.0 Å². The highest BCUT2D eigenvalue weighted by Crippen LogP contribution is 2.25. The number of hydrogen-bond donors (Lipinski definition) is 0. The molecule has 0 N–H and O–H groups in total. The Morgan fingerprint density at radius 3 is 2.61 bits per heavy atom. The van der Waals surface area contributed by atoms with E-state index in [2.05, 4.69) is 19.0 Å². The Labute approximate surface area is 166 Å². The SMILES string of the molecule is COc1ccccc1C1=NOC(CN(Cc2ccccc2)C(=O)CC(C)C)C1. The van der Waals surface area contributed by atoms with Crippen molar-refractivity contribution >= 4 is 11.6 Å². The first kappa shape index (κ1) is 19.9. The molecule has 0 aliphatic carbocycles. The number of nitrogens with zero attached hydrogens (tertiary/aromatic N) is 2. The summed E-state index contributed by atoms with van der Waals surface area (Å²) < 4.78 is 5.43. The minimum absolute atomic E-state index is 0.146. The van der Waals surface area contributed by atoms with Gasteiger partial charge in [-0.15, -0.1) is 0 Å². The fourth-order valence-corrected chi connectivity index (χ4v) is 3.35. The van der Waals surface area contributed by atoms with Gasteiger partial charge in [-0.25, -0.2) is 0 Å². The van der Waals surface area contributed by atoms with Gasteiger partial charge in [0.05, 0.1) is 19.4 Å². The van der Waals surface area contributed by atoms with Crippen LogP contribution in [0.2, 0.25) is 0 Å². The van der Waals surface area contributed by atoms with Crippen LogP contribution in [0.3, 0.4) is 0 Å². The zero-order valence-electron chi connectivity index (χ0n) is 16.8. The summed E-state index contributed by atoms with van der Waals surface area (Å²) in [4.78, 5) is 20.4. The summed E-state index contributed by atoms with van der Waals surface area (Å²) in [7, 11) is 1.65. The molecule has 0 bridgehead atoms. The molecule has 1 aliphatic rings. The number of benzene rings is 2. The van der Waals surface area contributed by atoms with E-state index in [0.29, 0.717) is 31.8 Å². The highest BCUT2D eigenvalue weighted by Gasteiger charge is 2.28. The van der Waals surface area contributed by atoms with Crippen molar-refractivity contribution in [2.45, 2.75) is 39.3 Å². The van der Waals surface area contributed by atoms with Crippen molar-refractivity contribution in [2.24, 2.45) is 11.1 Å². The van der Waals surface area contributed by atoms with E-state index in [1.54, 1.807) is 7.11 Å². The Morgan fingerprint density at radius 1 is 1.18 bits per heavy atom. The number of carbonyl (C=O) groups excluding carboxylic acids is 1. The molecular weight excluding hydrogens is 352 g/mol. The molecule has 0 fully saturated rings. The van der Waals surface area contributed by atoms with E-state index in [9.17, 15) is 4.79 Å². The molecule has 0 aromatic heterocycles. The summed E-state index contributed by atoms with van der Waals surface area (Å²) in [6, 6.07) is 17.9. The van der Waals surface area contributed by atoms with Gasteiger partial charge in [-0.2, -0.15) is 0 Å². The Hall–Kier alpha value is -2.82. The fourth-order valence-electron chi connectivity index (χ4n) is 3.35. The van der Waals surface area contributed by atoms with Crippen LogP contribution in [0.4, 0.5) is 0 Å². The summed E-state index contributed by atoms with van der Waals surface area (Å²) in [6.45, 7) is 5.22. The third-order valence-electron chi connectivity index (χ3n) is 4.73. The number of para-hydroxylation sites is 1. The van der Waals surface area contributed by atoms with Crippen LogP contribution >= 0.6 is 0 Å². The van der Waals surface area contributed by atoms with Gasteiger partial charge in [-0.05, 0) is 23.6 Å². The molecule has 0 radical (unpaired) electrons. The van der Waals surface area contributed by atoms with Crippen LogP contribution in [0.5, 0.6) is 5.75 Å². The Kier molecular flexibility index (Phi) is 6.69. The number of methoxy groups -OCH3 is 1. The van der Waals surface area contributed by atoms with Gasteiger partial charge in [0.15, 0.2) is 6.10 Å². The second kappa shape index (κ2) is 9.40. The summed E-state index contributed by atoms with van der Waals surface area (Å²) in [6.07, 6.45) is 1.03. The normalized spacial score (nSPS) is 15.9. The van der Waals surface area contributed by atoms with Crippen LogP contribution in [-0.2, 0) is 16.2 Å². The third-order valence-corrected chi connectivity index (χ3v) is 4.73. The molecule has 1 amide bonds. The molecule has 148 valence electrons. The van der Waals surface area contributed by atoms with Gasteiger partial charge in [-0.1, -0.05) is 61.5 Å². The molecule has 2 aromatic rings. The fraction of sp³-hybridized carbons (Fsp3) is 0.391. The predicted octanol–water partition coefficient (Wildman–Crippen LogP) is 4.26. The number of ether oxygens (including phenoxy) is 1. The molecule has 1 unspecified atom stereocenters. The first-order valence-electron chi connectivity index (χ1n) is 9.74. The zero-order valence-corrected chi connectivity index (χ0v) is 16.8. The van der Waals surface area contributed by atoms with Gasteiger partial charge < -0.3 is 14.5 Å². The molecule has 3 rings (SSSR count). The number of carbonyl (C=O) groups is 1. The summed E-state index contributed by atoms with van der Waals surface area (Å²) in [5.74, 6) is 1.24. The second-order valence-corrected chi connectivity index (χ2v) is 7.53. The first-order chi connectivity index (χ1) is 13.6. The Balaban J connectivity index is 1.68. The maximum atomic E-state index is 12.8. The molecule has 1 heterocycles. The molecule has 1 aliphatic heterocycles. The quantitative estimate of drug-likeness (QED) is 0.687. The van der Waals surface area contributed by atoms with Crippen molar-refractivity contribution in [1.82, 2.24) is 4.90 Å². The van der Waals surface area contributed by atoms with Crippen LogP contribution in [-0.4, -0.2) is 36.3 Å². The topological polar surface area (TPSA) is 51.1 Å². The molecule has 0 saturated heterocycles. The third kappa shape index (κ3) is 5.12. The summed E-state index contributed by atoms with van der Waals surface area (Å²) in [5, 5.41) is 4.28. The number of hydrogen-bond acceptors (Lipinski definition) is 4. The number of oxime groups is 1. The van der Waals surface area contributed by atoms with Crippen LogP contribution in [0.1, 0.15) is 37.8 Å². The highest BCUT2D eigenvalue weighted by molar-refractivity contribution is 6.03. The van der Waals surface area contributed by atoms with Gasteiger partial charge in [0.25, 0.3) is 0 Å². The van der Waals surface area contributed by atoms with Gasteiger partial charge >= 0.3 is 0 Å². The van der Waals surface area contributed by atoms with Gasteiger partial charge in [-0.3, -0.25) is 4.79 Å². The van der Waals surface area contributed by atoms with Crippen LogP contribution in [0.15, 0.2) is 59.8 Å². The lowest BCUT2D eigenvalue weighted by molar-refractivity contribution is -0.134. The van der Waals surface area contributed by atoms with Crippen molar-refractivity contribution in [2.75, 3.05) is 13.7 Å². The van der Waals surface area contributed by atoms with E-state index in [1.165, 1.54) is 0 Å². The van der Waals surface area contributed by atoms with Crippen molar-refractivity contribution in [3.63, 3.8) is 0 Å². The van der Waals surface area contributed by atoms with E-state index >= 15 is 0 Å². The summed E-state index contributed by atoms with van der Waals surface area (Å²) in [5.41, 5.74) is 2.91. The molecular formula is C23H28N2O3. The molecule has 5 heteroatoms. The zero-order chi connectivity index (χ0) is 19.9. The minimum atomic E-state index is -0.153. The van der Waals surface area contributed by atoms with Crippen molar-refractivity contribution in [3.05, 3.63) is 65.7 Å². The van der Waals surface area contributed by atoms with E-state index in [1.807, 2.05) is 59.5 Å². The average Bonchev–Trinajstić information content (AvgIpc) is 3.16. The Morgan fingerprint density at radius 2 is 1.89 bits per heavy atom. The van der Waals surface area contributed by atoms with Gasteiger partial charge in [0, 0.05) is 24.9 Å². The van der Waals surface area contributed by atoms with Crippen molar-refractivity contribution in [1.29, 1.82) is 0 Å². The van der Waals surface area contributed by atoms with E-state index in [4.69, 9.17) is 9.57 Å². The molecule has 2 aromatic carbocycles. The molecule has 28 heavy (non-hydrogen) atoms. The van der Waals surface area contributed by atoms with Crippen molar-refractivity contribution < 1.29 is 14.4 Å². The van der Waals surface area contributed by atoms with E-state index in [0.717, 1.165) is 22.6 Å². The highest BCUT2D eigenvalue weighted by atomic mass is 16.6. The molecule has 0 saturated carbocycles. The molecule has 1 atom stereocenters. The second-order valence-electron chi connectivity index (χ2n) is 7.53. The van der Waals surface area contributed by atoms with E-state index < -0.39 is 0 Å². The number of rotatable bonds is 8. The Bertz CT molecular complexity index is 818. The average molecular weight is 380 g/mol. The number of amides is 1. The predicted molar refractivity (Wildman–Crippen MR) is 110 cm³/mol. The van der Waals surface area contributed by atoms with Crippen LogP contribution in [0, 0.1) is 5.92 Å². The van der Waals surface area contributed by atoms with Crippen LogP contribution in [0.25, 0.3) is 0 Å². The maximum Gasteiger partial charge on any atom is 0.223 e. The van der Waals surface area contributed by atoms with Gasteiger partial charge in [0.1, 0.15) is 5.75 Å². The molecule has 0 spiro atoms. The smallest absolute Gasteiger partial charge is 0.223 e. The van der Waals surface area contributed by atoms with Crippen molar-refractivity contribution in [3.8, 4) is 5.75 Å². The monoisotopic (exact) mass is 380 g/mol. The molecule has 5 nitrogen and oxygen atoms in total. The largest absolute Gasteiger partial charge is 0.496 e. The maximum absolute atomic E-state index is 12.8. The van der Waals surface area contributed by atoms with Gasteiger partial charge in [0.2, 0.25) is 5.91 Å². The first-order valence-corrected chi connectivity index (χ1v) is 9.74. The summed E-state index contributed by atoms with van der Waals surface area (Å²) >= 11 is 0. The lowest BCUT2D eigenvalue weighted by Gasteiger charge is -2.26. The standard InChI is InChI=1S/C23H28N2O3/c1-17(2)13-23(26)25(15-18-9-5-4-6-10-18)16-19-14-21(24-28-19)20-11-7-8-12-22(20)27-3/h4-12,17,19H,13-16H2,1-3H3. The van der Waals surface area contributed by atoms with Crippen LogP contribution < -0.4 is 4.74 Å². The lowest BCUT2D eigenvalue weighted by Crippen LogP contribution is -2.37. The minimum Gasteiger partial charge on any atom is -0.496 e. The lowest BCUT2D eigenvalue weighted by atomic mass is 10.0.